The van der Waals surface area contributed by atoms with Crippen molar-refractivity contribution in [1.29, 1.82) is 0 Å². The van der Waals surface area contributed by atoms with Gasteiger partial charge in [0.25, 0.3) is 0 Å². The van der Waals surface area contributed by atoms with Gasteiger partial charge in [-0.2, -0.15) is 0 Å². The molecule has 2 nitrogen and oxygen atoms in total. The first-order valence-electron chi connectivity index (χ1n) is 5.80. The van der Waals surface area contributed by atoms with Gasteiger partial charge < -0.3 is 4.74 Å². The molecular formula is C12H23NO. The molecule has 2 heterocycles. The first kappa shape index (κ1) is 10.4. The number of nitrogens with zero attached hydrogens (tertiary/aromatic N) is 1. The predicted molar refractivity (Wildman–Crippen MR) is 58.4 cm³/mol. The first-order valence-corrected chi connectivity index (χ1v) is 5.80. The molecule has 2 fully saturated rings. The number of likely N-dealkylation sites (tertiary alicyclic amines) is 1. The number of hydrogen-bond donors (Lipinski definition) is 0. The Kier molecular flexibility index (Phi) is 2.39. The van der Waals surface area contributed by atoms with Crippen molar-refractivity contribution < 1.29 is 4.74 Å². The van der Waals surface area contributed by atoms with Gasteiger partial charge in [0.15, 0.2) is 0 Å². The molecule has 0 N–H and O–H groups in total. The highest BCUT2D eigenvalue weighted by Gasteiger charge is 2.54. The smallest absolute Gasteiger partial charge is 0.0480 e. The Labute approximate surface area is 87.6 Å². The second-order valence-corrected chi connectivity index (χ2v) is 5.91. The first-order chi connectivity index (χ1) is 6.45. The highest BCUT2D eigenvalue weighted by molar-refractivity contribution is 5.08. The zero-order valence-corrected chi connectivity index (χ0v) is 9.97. The van der Waals surface area contributed by atoms with Crippen LogP contribution in [-0.4, -0.2) is 36.2 Å². The molecule has 2 saturated heterocycles. The second kappa shape index (κ2) is 3.21. The third-order valence-electron chi connectivity index (χ3n) is 4.57. The molecule has 0 amide bonds. The Bertz CT molecular complexity index is 216. The van der Waals surface area contributed by atoms with Crippen molar-refractivity contribution in [3.8, 4) is 0 Å². The normalized spacial score (nSPS) is 32.6. The van der Waals surface area contributed by atoms with Gasteiger partial charge in [-0.15, -0.1) is 0 Å². The molecule has 0 unspecified atom stereocenters. The summed E-state index contributed by atoms with van der Waals surface area (Å²) in [6.07, 6.45) is 2.44. The number of hydrogen-bond acceptors (Lipinski definition) is 2. The summed E-state index contributed by atoms with van der Waals surface area (Å²) in [7, 11) is 0. The van der Waals surface area contributed by atoms with E-state index in [9.17, 15) is 0 Å². The fourth-order valence-corrected chi connectivity index (χ4v) is 2.70. The summed E-state index contributed by atoms with van der Waals surface area (Å²) in [6, 6.07) is 0.770. The van der Waals surface area contributed by atoms with Crippen molar-refractivity contribution in [2.24, 2.45) is 5.41 Å². The van der Waals surface area contributed by atoms with Crippen LogP contribution in [-0.2, 0) is 4.74 Å². The van der Waals surface area contributed by atoms with Crippen LogP contribution in [0.25, 0.3) is 0 Å². The molecule has 0 radical (unpaired) electrons. The maximum absolute atomic E-state index is 5.41. The van der Waals surface area contributed by atoms with Gasteiger partial charge in [-0.25, -0.2) is 0 Å². The number of rotatable bonds is 1. The van der Waals surface area contributed by atoms with E-state index in [1.807, 2.05) is 0 Å². The van der Waals surface area contributed by atoms with Gasteiger partial charge in [0.1, 0.15) is 0 Å². The fraction of sp³-hybridized carbons (Fsp3) is 1.00. The Morgan fingerprint density at radius 1 is 1.07 bits per heavy atom. The molecule has 0 aromatic carbocycles. The third kappa shape index (κ3) is 1.40. The Morgan fingerprint density at radius 2 is 1.64 bits per heavy atom. The van der Waals surface area contributed by atoms with Crippen molar-refractivity contribution in [1.82, 2.24) is 4.90 Å². The van der Waals surface area contributed by atoms with Crippen LogP contribution >= 0.6 is 0 Å². The predicted octanol–water partition coefficient (Wildman–Crippen LogP) is 2.29. The highest BCUT2D eigenvalue weighted by Crippen LogP contribution is 2.48. The quantitative estimate of drug-likeness (QED) is 0.639. The topological polar surface area (TPSA) is 12.5 Å². The average molecular weight is 197 g/mol. The van der Waals surface area contributed by atoms with E-state index in [4.69, 9.17) is 4.74 Å². The molecule has 2 heteroatoms. The molecular weight excluding hydrogens is 174 g/mol. The van der Waals surface area contributed by atoms with Crippen LogP contribution in [0.4, 0.5) is 0 Å². The maximum Gasteiger partial charge on any atom is 0.0480 e. The summed E-state index contributed by atoms with van der Waals surface area (Å²) in [5.74, 6) is 0. The van der Waals surface area contributed by atoms with Crippen LogP contribution in [0.15, 0.2) is 0 Å². The summed E-state index contributed by atoms with van der Waals surface area (Å²) in [5, 5.41) is 0. The van der Waals surface area contributed by atoms with E-state index in [1.165, 1.54) is 19.4 Å². The van der Waals surface area contributed by atoms with Crippen molar-refractivity contribution >= 4 is 0 Å². The molecule has 2 aliphatic rings. The zero-order valence-electron chi connectivity index (χ0n) is 9.97. The molecule has 82 valence electrons. The minimum atomic E-state index is 0.370. The molecule has 0 spiro atoms. The molecule has 0 atom stereocenters. The van der Waals surface area contributed by atoms with Crippen LogP contribution in [0.1, 0.15) is 40.5 Å². The average Bonchev–Trinajstić information content (AvgIpc) is 2.16. The van der Waals surface area contributed by atoms with Gasteiger partial charge in [0, 0.05) is 31.3 Å². The Balaban J connectivity index is 2.00. The lowest BCUT2D eigenvalue weighted by Gasteiger charge is -2.64. The standard InChI is InChI=1S/C12H23NO/c1-11(2)9-13(12(11,3)4)10-5-7-14-8-6-10/h10H,5-9H2,1-4H3. The molecule has 0 bridgehead atoms. The van der Waals surface area contributed by atoms with Crippen LogP contribution in [0.2, 0.25) is 0 Å². The summed E-state index contributed by atoms with van der Waals surface area (Å²) in [4.78, 5) is 2.68. The van der Waals surface area contributed by atoms with Crippen molar-refractivity contribution in [3.05, 3.63) is 0 Å². The molecule has 0 saturated carbocycles. The monoisotopic (exact) mass is 197 g/mol. The summed E-state index contributed by atoms with van der Waals surface area (Å²) in [5.41, 5.74) is 0.848. The van der Waals surface area contributed by atoms with E-state index in [2.05, 4.69) is 32.6 Å². The summed E-state index contributed by atoms with van der Waals surface area (Å²) in [6.45, 7) is 12.7. The minimum Gasteiger partial charge on any atom is -0.381 e. The van der Waals surface area contributed by atoms with Gasteiger partial charge in [-0.3, -0.25) is 4.90 Å². The molecule has 0 aromatic heterocycles. The van der Waals surface area contributed by atoms with E-state index in [-0.39, 0.29) is 0 Å². The molecule has 0 aromatic rings. The van der Waals surface area contributed by atoms with Crippen molar-refractivity contribution in [3.63, 3.8) is 0 Å². The zero-order chi connectivity index (χ0) is 10.4. The maximum atomic E-state index is 5.41. The van der Waals surface area contributed by atoms with Crippen LogP contribution in [0.3, 0.4) is 0 Å². The summed E-state index contributed by atoms with van der Waals surface area (Å²) >= 11 is 0. The van der Waals surface area contributed by atoms with Gasteiger partial charge in [-0.05, 0) is 32.1 Å². The third-order valence-corrected chi connectivity index (χ3v) is 4.57. The summed E-state index contributed by atoms with van der Waals surface area (Å²) < 4.78 is 5.41. The van der Waals surface area contributed by atoms with Crippen LogP contribution in [0.5, 0.6) is 0 Å². The van der Waals surface area contributed by atoms with Gasteiger partial charge in [0.2, 0.25) is 0 Å². The van der Waals surface area contributed by atoms with E-state index >= 15 is 0 Å². The van der Waals surface area contributed by atoms with Crippen molar-refractivity contribution in [2.45, 2.75) is 52.1 Å². The molecule has 2 aliphatic heterocycles. The lowest BCUT2D eigenvalue weighted by molar-refractivity contribution is -0.157. The fourth-order valence-electron chi connectivity index (χ4n) is 2.70. The van der Waals surface area contributed by atoms with E-state index in [0.717, 1.165) is 19.3 Å². The molecule has 2 rings (SSSR count). The molecule has 0 aliphatic carbocycles. The van der Waals surface area contributed by atoms with Crippen LogP contribution in [0, 0.1) is 5.41 Å². The Morgan fingerprint density at radius 3 is 2.07 bits per heavy atom. The van der Waals surface area contributed by atoms with Gasteiger partial charge in [0.05, 0.1) is 0 Å². The van der Waals surface area contributed by atoms with E-state index < -0.39 is 0 Å². The lowest BCUT2D eigenvalue weighted by atomic mass is 9.64. The Hall–Kier alpha value is -0.0800. The number of ether oxygens (including phenoxy) is 1. The SMILES string of the molecule is CC1(C)CN(C2CCOCC2)C1(C)C. The van der Waals surface area contributed by atoms with Gasteiger partial charge >= 0.3 is 0 Å². The van der Waals surface area contributed by atoms with Crippen LogP contribution < -0.4 is 0 Å². The lowest BCUT2D eigenvalue weighted by Crippen LogP contribution is -2.72. The van der Waals surface area contributed by atoms with Crippen molar-refractivity contribution in [2.75, 3.05) is 19.8 Å². The second-order valence-electron chi connectivity index (χ2n) is 5.91. The van der Waals surface area contributed by atoms with Gasteiger partial charge in [-0.1, -0.05) is 13.8 Å². The molecule has 14 heavy (non-hydrogen) atoms. The largest absolute Gasteiger partial charge is 0.381 e. The minimum absolute atomic E-state index is 0.370. The van der Waals surface area contributed by atoms with E-state index in [1.54, 1.807) is 0 Å². The highest BCUT2D eigenvalue weighted by atomic mass is 16.5. The van der Waals surface area contributed by atoms with E-state index in [0.29, 0.717) is 11.0 Å².